The monoisotopic (exact) mass is 185 g/mol. The van der Waals surface area contributed by atoms with Crippen molar-refractivity contribution in [3.05, 3.63) is 5.92 Å². The van der Waals surface area contributed by atoms with Gasteiger partial charge in [0.05, 0.1) is 0 Å². The van der Waals surface area contributed by atoms with Crippen molar-refractivity contribution in [3.8, 4) is 0 Å². The van der Waals surface area contributed by atoms with E-state index in [1.54, 1.807) is 0 Å². The minimum atomic E-state index is -0.0572. The summed E-state index contributed by atoms with van der Waals surface area (Å²) in [5.41, 5.74) is 2.13. The zero-order chi connectivity index (χ0) is 10.1. The molecule has 77 valence electrons. The van der Waals surface area contributed by atoms with Crippen LogP contribution < -0.4 is 11.3 Å². The van der Waals surface area contributed by atoms with E-state index in [0.717, 1.165) is 12.8 Å². The van der Waals surface area contributed by atoms with Gasteiger partial charge in [0.2, 0.25) is 5.91 Å². The summed E-state index contributed by atoms with van der Waals surface area (Å²) in [4.78, 5) is 10.7. The Morgan fingerprint density at radius 1 is 1.08 bits per heavy atom. The Hall–Kier alpha value is -0.570. The molecular formula is C10H21N2O. The molecule has 1 amide bonds. The van der Waals surface area contributed by atoms with Crippen molar-refractivity contribution in [2.45, 2.75) is 52.4 Å². The number of carbonyl (C=O) groups is 1. The average Bonchev–Trinajstić information content (AvgIpc) is 2.10. The van der Waals surface area contributed by atoms with Crippen LogP contribution in [-0.4, -0.2) is 5.91 Å². The van der Waals surface area contributed by atoms with E-state index in [4.69, 9.17) is 5.84 Å². The third kappa shape index (κ3) is 9.34. The van der Waals surface area contributed by atoms with Crippen LogP contribution in [0, 0.1) is 5.92 Å². The molecule has 1 radical (unpaired) electrons. The zero-order valence-corrected chi connectivity index (χ0v) is 8.73. The molecule has 0 saturated heterocycles. The van der Waals surface area contributed by atoms with Crippen molar-refractivity contribution in [2.24, 2.45) is 5.84 Å². The summed E-state index contributed by atoms with van der Waals surface area (Å²) in [6.07, 6.45) is 6.30. The highest BCUT2D eigenvalue weighted by atomic mass is 16.2. The minimum absolute atomic E-state index is 0.0572. The van der Waals surface area contributed by atoms with E-state index < -0.39 is 0 Å². The molecule has 0 aromatic heterocycles. The molecular weight excluding hydrogens is 164 g/mol. The molecule has 0 atom stereocenters. The summed E-state index contributed by atoms with van der Waals surface area (Å²) in [5.74, 6) is 6.38. The predicted octanol–water partition coefficient (Wildman–Crippen LogP) is 1.93. The van der Waals surface area contributed by atoms with E-state index in [1.807, 2.05) is 0 Å². The average molecular weight is 185 g/mol. The Kier molecular flexibility index (Phi) is 7.69. The number of nitrogens with two attached hydrogens (primary N) is 1. The number of unbranched alkanes of at least 4 members (excludes halogenated alkanes) is 3. The van der Waals surface area contributed by atoms with Crippen molar-refractivity contribution < 1.29 is 4.79 Å². The van der Waals surface area contributed by atoms with Crippen LogP contribution in [0.25, 0.3) is 0 Å². The number of amides is 1. The van der Waals surface area contributed by atoms with Gasteiger partial charge >= 0.3 is 0 Å². The summed E-state index contributed by atoms with van der Waals surface area (Å²) >= 11 is 0. The fourth-order valence-corrected chi connectivity index (χ4v) is 1.19. The number of hydrogen-bond donors (Lipinski definition) is 2. The Labute approximate surface area is 81.0 Å². The van der Waals surface area contributed by atoms with Gasteiger partial charge in [0.1, 0.15) is 0 Å². The van der Waals surface area contributed by atoms with Crippen LogP contribution in [0.5, 0.6) is 0 Å². The quantitative estimate of drug-likeness (QED) is 0.275. The van der Waals surface area contributed by atoms with Crippen LogP contribution >= 0.6 is 0 Å². The smallest absolute Gasteiger partial charge is 0.233 e. The maximum atomic E-state index is 10.7. The molecule has 0 aromatic rings. The first-order valence-corrected chi connectivity index (χ1v) is 4.95. The molecule has 0 bridgehead atoms. The molecule has 3 heteroatoms. The van der Waals surface area contributed by atoms with E-state index >= 15 is 0 Å². The van der Waals surface area contributed by atoms with Crippen molar-refractivity contribution in [3.63, 3.8) is 0 Å². The van der Waals surface area contributed by atoms with Crippen LogP contribution in [-0.2, 0) is 4.79 Å². The lowest BCUT2D eigenvalue weighted by Gasteiger charge is -2.03. The highest BCUT2D eigenvalue weighted by molar-refractivity contribution is 5.74. The van der Waals surface area contributed by atoms with Gasteiger partial charge in [-0.15, -0.1) is 0 Å². The topological polar surface area (TPSA) is 55.1 Å². The van der Waals surface area contributed by atoms with Gasteiger partial charge in [-0.1, -0.05) is 33.1 Å². The van der Waals surface area contributed by atoms with Crippen LogP contribution in [0.1, 0.15) is 52.4 Å². The molecule has 3 N–H and O–H groups in total. The molecule has 0 fully saturated rings. The molecule has 0 rings (SSSR count). The summed E-state index contributed by atoms with van der Waals surface area (Å²) in [7, 11) is 0. The first-order valence-electron chi connectivity index (χ1n) is 4.95. The fraction of sp³-hybridized carbons (Fsp3) is 0.800. The van der Waals surface area contributed by atoms with Crippen LogP contribution in [0.15, 0.2) is 0 Å². The van der Waals surface area contributed by atoms with E-state index in [0.29, 0.717) is 6.42 Å². The number of hydrazine groups is 1. The van der Waals surface area contributed by atoms with Gasteiger partial charge in [-0.25, -0.2) is 5.84 Å². The summed E-state index contributed by atoms with van der Waals surface area (Å²) in [6.45, 7) is 4.31. The lowest BCUT2D eigenvalue weighted by Crippen LogP contribution is -2.29. The summed E-state index contributed by atoms with van der Waals surface area (Å²) in [6, 6.07) is 0. The van der Waals surface area contributed by atoms with Crippen molar-refractivity contribution in [1.29, 1.82) is 0 Å². The van der Waals surface area contributed by atoms with Gasteiger partial charge in [-0.3, -0.25) is 10.2 Å². The molecule has 0 spiro atoms. The molecule has 0 aliphatic carbocycles. The second-order valence-corrected chi connectivity index (χ2v) is 3.69. The molecule has 0 heterocycles. The molecule has 0 unspecified atom stereocenters. The Balaban J connectivity index is 3.04. The minimum Gasteiger partial charge on any atom is -0.294 e. The number of hydrogen-bond acceptors (Lipinski definition) is 2. The van der Waals surface area contributed by atoms with Crippen molar-refractivity contribution >= 4 is 5.91 Å². The Morgan fingerprint density at radius 3 is 2.08 bits per heavy atom. The highest BCUT2D eigenvalue weighted by Gasteiger charge is 1.98. The molecule has 13 heavy (non-hydrogen) atoms. The molecule has 0 aliphatic heterocycles. The zero-order valence-electron chi connectivity index (χ0n) is 8.73. The van der Waals surface area contributed by atoms with Gasteiger partial charge in [0, 0.05) is 6.42 Å². The highest BCUT2D eigenvalue weighted by Crippen LogP contribution is 2.11. The number of nitrogens with one attached hydrogen (secondary N) is 1. The first kappa shape index (κ1) is 12.4. The van der Waals surface area contributed by atoms with E-state index in [1.165, 1.54) is 25.2 Å². The van der Waals surface area contributed by atoms with Gasteiger partial charge in [0.25, 0.3) is 0 Å². The Bertz CT molecular complexity index is 135. The van der Waals surface area contributed by atoms with Crippen LogP contribution in [0.3, 0.4) is 0 Å². The Morgan fingerprint density at radius 2 is 1.62 bits per heavy atom. The SMILES string of the molecule is C[C](C)CCCCCCC(=O)NN. The largest absolute Gasteiger partial charge is 0.294 e. The predicted molar refractivity (Wildman–Crippen MR) is 54.6 cm³/mol. The van der Waals surface area contributed by atoms with Crippen molar-refractivity contribution in [1.82, 2.24) is 5.43 Å². The van der Waals surface area contributed by atoms with Gasteiger partial charge < -0.3 is 0 Å². The maximum Gasteiger partial charge on any atom is 0.233 e. The van der Waals surface area contributed by atoms with E-state index in [9.17, 15) is 4.79 Å². The second kappa shape index (κ2) is 8.05. The van der Waals surface area contributed by atoms with E-state index in [-0.39, 0.29) is 5.91 Å². The second-order valence-electron chi connectivity index (χ2n) is 3.69. The summed E-state index contributed by atoms with van der Waals surface area (Å²) in [5, 5.41) is 0. The van der Waals surface area contributed by atoms with Gasteiger partial charge in [0.15, 0.2) is 0 Å². The van der Waals surface area contributed by atoms with Crippen LogP contribution in [0.4, 0.5) is 0 Å². The first-order chi connectivity index (χ1) is 6.16. The van der Waals surface area contributed by atoms with Crippen LogP contribution in [0.2, 0.25) is 0 Å². The lowest BCUT2D eigenvalue weighted by molar-refractivity contribution is -0.121. The fourth-order valence-electron chi connectivity index (χ4n) is 1.19. The van der Waals surface area contributed by atoms with E-state index in [2.05, 4.69) is 19.3 Å². The third-order valence-corrected chi connectivity index (χ3v) is 1.99. The molecule has 0 aromatic carbocycles. The molecule has 0 aliphatic rings. The van der Waals surface area contributed by atoms with Gasteiger partial charge in [-0.2, -0.15) is 0 Å². The molecule has 0 saturated carbocycles. The number of carbonyl (C=O) groups excluding carboxylic acids is 1. The summed E-state index contributed by atoms with van der Waals surface area (Å²) < 4.78 is 0. The standard InChI is InChI=1S/C10H21N2O/c1-9(2)7-5-3-4-6-8-10(13)12-11/h3-8,11H2,1-2H3,(H,12,13). The molecule has 3 nitrogen and oxygen atoms in total. The van der Waals surface area contributed by atoms with Gasteiger partial charge in [-0.05, 0) is 18.8 Å². The normalized spacial score (nSPS) is 10.5. The van der Waals surface area contributed by atoms with Crippen molar-refractivity contribution in [2.75, 3.05) is 0 Å². The maximum absolute atomic E-state index is 10.7. The number of rotatable bonds is 7. The lowest BCUT2D eigenvalue weighted by atomic mass is 10.0. The third-order valence-electron chi connectivity index (χ3n) is 1.99.